The number of aliphatic hydroxyl groups is 1. The maximum absolute atomic E-state index is 13.9. The minimum absolute atomic E-state index is 0.0139. The number of ether oxygens (including phenoxy) is 1. The number of ketones is 1. The molecule has 1 saturated heterocycles. The number of non-ortho nitro benzene ring substituents is 1. The van der Waals surface area contributed by atoms with Gasteiger partial charge in [0.1, 0.15) is 12.3 Å². The van der Waals surface area contributed by atoms with Crippen molar-refractivity contribution in [3.63, 3.8) is 0 Å². The van der Waals surface area contributed by atoms with Crippen molar-refractivity contribution >= 4 is 58.2 Å². The lowest BCUT2D eigenvalue weighted by atomic mass is 9.88. The van der Waals surface area contributed by atoms with Gasteiger partial charge in [-0.1, -0.05) is 57.2 Å². The molecule has 1 N–H and O–H groups in total. The van der Waals surface area contributed by atoms with Gasteiger partial charge >= 0.3 is 0 Å². The highest BCUT2D eigenvalue weighted by molar-refractivity contribution is 8.04. The lowest BCUT2D eigenvalue weighted by molar-refractivity contribution is -0.384. The minimum Gasteiger partial charge on any atom is -0.477 e. The number of Topliss-reactive ketones (excluding diaryl/α,β-unsaturated/α-hetero) is 1. The molecule has 0 saturated carbocycles. The van der Waals surface area contributed by atoms with Gasteiger partial charge in [0.25, 0.3) is 5.69 Å². The third-order valence-corrected chi connectivity index (χ3v) is 8.82. The number of hydrogen-bond acceptors (Lipinski definition) is 9. The van der Waals surface area contributed by atoms with Gasteiger partial charge in [0.05, 0.1) is 27.2 Å². The normalized spacial score (nSPS) is 18.5. The largest absolute Gasteiger partial charge is 0.477 e. The van der Waals surface area contributed by atoms with Gasteiger partial charge in [-0.05, 0) is 61.6 Å². The predicted octanol–water partition coefficient (Wildman–Crippen LogP) is 6.28. The zero-order chi connectivity index (χ0) is 29.8. The maximum Gasteiger partial charge on any atom is 0.269 e. The number of amides is 1. The average Bonchev–Trinajstić information content (AvgIpc) is 2.89. The Labute approximate surface area is 248 Å². The molecule has 2 aromatic rings. The van der Waals surface area contributed by atoms with Crippen LogP contribution in [0.15, 0.2) is 64.0 Å². The standard InChI is InChI=1S/C29H34N2O6S3/c1-7-39-27-22(18(3)32)26(34)30(27)23(28(38)37-16-19-10-12-20(13-11-19)31(35)36)24(25(33)29(4,5)6)40-21-14-8-17(2)9-15-21/h8-15,18,22,27,32H,7,16H2,1-6H3/t18-,22+,27-/m1/s1. The quantitative estimate of drug-likeness (QED) is 0.0793. The van der Waals surface area contributed by atoms with E-state index in [9.17, 15) is 24.8 Å². The van der Waals surface area contributed by atoms with Crippen molar-refractivity contribution in [3.8, 4) is 0 Å². The highest BCUT2D eigenvalue weighted by atomic mass is 32.2. The highest BCUT2D eigenvalue weighted by Crippen LogP contribution is 2.45. The molecule has 0 radical (unpaired) electrons. The Morgan fingerprint density at radius 3 is 2.27 bits per heavy atom. The molecule has 3 atom stereocenters. The van der Waals surface area contributed by atoms with Crippen molar-refractivity contribution in [1.29, 1.82) is 0 Å². The Kier molecular flexibility index (Phi) is 10.6. The predicted molar refractivity (Wildman–Crippen MR) is 163 cm³/mol. The third-order valence-electron chi connectivity index (χ3n) is 6.24. The average molecular weight is 603 g/mol. The Morgan fingerprint density at radius 1 is 1.18 bits per heavy atom. The second-order valence-electron chi connectivity index (χ2n) is 10.5. The molecule has 11 heteroatoms. The van der Waals surface area contributed by atoms with E-state index < -0.39 is 27.7 Å². The molecule has 1 fully saturated rings. The summed E-state index contributed by atoms with van der Waals surface area (Å²) < 4.78 is 5.99. The number of nitro benzene ring substituents is 1. The summed E-state index contributed by atoms with van der Waals surface area (Å²) in [5.41, 5.74) is 1.07. The summed E-state index contributed by atoms with van der Waals surface area (Å²) >= 11 is 8.46. The van der Waals surface area contributed by atoms with Gasteiger partial charge < -0.3 is 9.84 Å². The van der Waals surface area contributed by atoms with Crippen molar-refractivity contribution in [2.24, 2.45) is 11.3 Å². The minimum atomic E-state index is -0.879. The molecule has 2 aromatic carbocycles. The number of β-lactam (4-membered cyclic amide) rings is 1. The van der Waals surface area contributed by atoms with Crippen LogP contribution in [0.3, 0.4) is 0 Å². The fourth-order valence-corrected chi connectivity index (χ4v) is 6.79. The smallest absolute Gasteiger partial charge is 0.269 e. The van der Waals surface area contributed by atoms with Crippen LogP contribution < -0.4 is 0 Å². The van der Waals surface area contributed by atoms with Crippen LogP contribution in [0.2, 0.25) is 0 Å². The van der Waals surface area contributed by atoms with Crippen LogP contribution in [-0.2, 0) is 20.9 Å². The molecule has 8 nitrogen and oxygen atoms in total. The molecular weight excluding hydrogens is 569 g/mol. The van der Waals surface area contributed by atoms with Gasteiger partial charge in [0, 0.05) is 22.4 Å². The number of allylic oxidation sites excluding steroid dienone is 1. The number of likely N-dealkylation sites (tertiary alicyclic amines) is 1. The van der Waals surface area contributed by atoms with E-state index in [0.717, 1.165) is 10.5 Å². The first-order valence-corrected chi connectivity index (χ1v) is 15.1. The number of benzene rings is 2. The van der Waals surface area contributed by atoms with Crippen LogP contribution in [0.25, 0.3) is 0 Å². The molecule has 214 valence electrons. The second-order valence-corrected chi connectivity index (χ2v) is 13.3. The van der Waals surface area contributed by atoms with E-state index >= 15 is 0 Å². The summed E-state index contributed by atoms with van der Waals surface area (Å²) in [6, 6.07) is 13.6. The Bertz CT molecular complexity index is 1300. The molecule has 0 spiro atoms. The first-order valence-electron chi connectivity index (χ1n) is 12.8. The van der Waals surface area contributed by atoms with Gasteiger partial charge in [-0.15, -0.1) is 11.8 Å². The molecule has 0 aliphatic carbocycles. The molecule has 0 aromatic heterocycles. The summed E-state index contributed by atoms with van der Waals surface area (Å²) in [6.45, 7) is 10.9. The van der Waals surface area contributed by atoms with Crippen LogP contribution in [0, 0.1) is 28.4 Å². The van der Waals surface area contributed by atoms with Crippen molar-refractivity contribution < 1.29 is 24.4 Å². The molecular formula is C29H34N2O6S3. The monoisotopic (exact) mass is 602 g/mol. The topological polar surface area (TPSA) is 110 Å². The molecule has 1 aliphatic rings. The van der Waals surface area contributed by atoms with Crippen LogP contribution in [0.4, 0.5) is 5.69 Å². The Balaban J connectivity index is 2.11. The molecule has 0 bridgehead atoms. The fraction of sp³-hybridized carbons (Fsp3) is 0.414. The SMILES string of the molecule is CCS[C@@H]1[C@@H]([C@@H](C)O)C(=O)N1C(C(=S)OCc1ccc([N+](=O)[O-])cc1)=C(Sc1ccc(C)cc1)C(=O)C(C)(C)C. The number of aliphatic hydroxyl groups excluding tert-OH is 1. The molecule has 40 heavy (non-hydrogen) atoms. The summed E-state index contributed by atoms with van der Waals surface area (Å²) in [5, 5.41) is 20.9. The van der Waals surface area contributed by atoms with E-state index in [2.05, 4.69) is 0 Å². The number of hydrogen-bond donors (Lipinski definition) is 1. The second kappa shape index (κ2) is 13.3. The van der Waals surface area contributed by atoms with Crippen molar-refractivity contribution in [2.75, 3.05) is 5.75 Å². The first-order chi connectivity index (χ1) is 18.8. The van der Waals surface area contributed by atoms with Gasteiger partial charge in [0.15, 0.2) is 5.78 Å². The number of rotatable bonds is 11. The van der Waals surface area contributed by atoms with E-state index in [1.807, 2.05) is 38.1 Å². The Morgan fingerprint density at radius 2 is 1.77 bits per heavy atom. The lowest BCUT2D eigenvalue weighted by Gasteiger charge is -2.49. The lowest BCUT2D eigenvalue weighted by Crippen LogP contribution is -2.63. The summed E-state index contributed by atoms with van der Waals surface area (Å²) in [7, 11) is 0. The van der Waals surface area contributed by atoms with E-state index in [0.29, 0.717) is 11.3 Å². The number of aryl methyl sites for hydroxylation is 1. The molecule has 3 rings (SSSR count). The van der Waals surface area contributed by atoms with E-state index in [-0.39, 0.29) is 39.6 Å². The number of nitrogens with zero attached hydrogens (tertiary/aromatic N) is 2. The van der Waals surface area contributed by atoms with Crippen LogP contribution in [0.5, 0.6) is 0 Å². The van der Waals surface area contributed by atoms with Crippen LogP contribution in [-0.4, -0.2) is 48.9 Å². The maximum atomic E-state index is 13.9. The van der Waals surface area contributed by atoms with Gasteiger partial charge in [-0.3, -0.25) is 24.6 Å². The highest BCUT2D eigenvalue weighted by Gasteiger charge is 2.53. The van der Waals surface area contributed by atoms with Crippen LogP contribution >= 0.6 is 35.7 Å². The van der Waals surface area contributed by atoms with E-state index in [4.69, 9.17) is 17.0 Å². The molecule has 1 heterocycles. The number of carbonyl (C=O) groups excluding carboxylic acids is 2. The van der Waals surface area contributed by atoms with E-state index in [1.54, 1.807) is 39.8 Å². The van der Waals surface area contributed by atoms with Crippen LogP contribution in [0.1, 0.15) is 45.7 Å². The van der Waals surface area contributed by atoms with E-state index in [1.165, 1.54) is 40.6 Å². The number of thioether (sulfide) groups is 2. The first kappa shape index (κ1) is 31.8. The zero-order valence-corrected chi connectivity index (χ0v) is 25.8. The van der Waals surface area contributed by atoms with Crippen molar-refractivity contribution in [2.45, 2.75) is 64.5 Å². The molecule has 1 amide bonds. The summed E-state index contributed by atoms with van der Waals surface area (Å²) in [5.74, 6) is -0.508. The number of nitro groups is 1. The van der Waals surface area contributed by atoms with Gasteiger partial charge in [-0.25, -0.2) is 0 Å². The fourth-order valence-electron chi connectivity index (χ4n) is 4.02. The molecule has 0 unspecified atom stereocenters. The Hall–Kier alpha value is -2.73. The van der Waals surface area contributed by atoms with Gasteiger partial charge in [0.2, 0.25) is 11.0 Å². The molecule has 1 aliphatic heterocycles. The van der Waals surface area contributed by atoms with Crippen molar-refractivity contribution in [3.05, 3.63) is 80.4 Å². The zero-order valence-electron chi connectivity index (χ0n) is 23.4. The number of carbonyl (C=O) groups is 2. The summed E-state index contributed by atoms with van der Waals surface area (Å²) in [6.07, 6.45) is -0.879. The number of thiocarbonyl (C=S) groups is 1. The van der Waals surface area contributed by atoms with Gasteiger partial charge in [-0.2, -0.15) is 0 Å². The third kappa shape index (κ3) is 7.31. The van der Waals surface area contributed by atoms with Crippen molar-refractivity contribution in [1.82, 2.24) is 4.90 Å². The summed E-state index contributed by atoms with van der Waals surface area (Å²) in [4.78, 5) is 40.5.